The molecule has 1 aliphatic heterocycles. The van der Waals surface area contributed by atoms with Gasteiger partial charge in [-0.15, -0.1) is 0 Å². The first kappa shape index (κ1) is 19.8. The number of morpholine rings is 1. The van der Waals surface area contributed by atoms with Crippen LogP contribution in [0.2, 0.25) is 0 Å². The van der Waals surface area contributed by atoms with Gasteiger partial charge in [-0.2, -0.15) is 0 Å². The molecule has 1 aliphatic carbocycles. The molecule has 8 heteroatoms. The highest BCUT2D eigenvalue weighted by Gasteiger charge is 2.23. The van der Waals surface area contributed by atoms with Crippen molar-refractivity contribution in [3.05, 3.63) is 35.4 Å². The van der Waals surface area contributed by atoms with Crippen LogP contribution in [0.3, 0.4) is 0 Å². The van der Waals surface area contributed by atoms with E-state index in [1.807, 2.05) is 6.07 Å². The summed E-state index contributed by atoms with van der Waals surface area (Å²) in [6.45, 7) is 5.11. The van der Waals surface area contributed by atoms with E-state index in [9.17, 15) is 0 Å². The number of aromatic nitrogens is 3. The van der Waals surface area contributed by atoms with E-state index in [0.29, 0.717) is 24.3 Å². The van der Waals surface area contributed by atoms with Crippen LogP contribution in [-0.4, -0.2) is 53.6 Å². The summed E-state index contributed by atoms with van der Waals surface area (Å²) in [7, 11) is 1.63. The number of hydrogen-bond donors (Lipinski definition) is 1. The Morgan fingerprint density at radius 3 is 2.79 bits per heavy atom. The molecule has 29 heavy (non-hydrogen) atoms. The molecule has 0 amide bonds. The first-order chi connectivity index (χ1) is 14.3. The van der Waals surface area contributed by atoms with E-state index in [-0.39, 0.29) is 0 Å². The van der Waals surface area contributed by atoms with Crippen LogP contribution in [0.1, 0.15) is 36.6 Å². The molecular formula is C21H25N5O2S. The van der Waals surface area contributed by atoms with E-state index >= 15 is 0 Å². The Labute approximate surface area is 175 Å². The number of ether oxygens (including phenoxy) is 2. The minimum atomic E-state index is 0.579. The SMILES string of the molecule is CCc1ncnc(N2CCOCC2)c1C#Cc1cnc(OC)c(NSC2CC2)c1. The largest absolute Gasteiger partial charge is 0.480 e. The lowest BCUT2D eigenvalue weighted by Gasteiger charge is -2.28. The number of hydrogen-bond acceptors (Lipinski definition) is 8. The molecule has 0 bridgehead atoms. The maximum atomic E-state index is 5.48. The predicted octanol–water partition coefficient (Wildman–Crippen LogP) is 2.90. The summed E-state index contributed by atoms with van der Waals surface area (Å²) >= 11 is 1.72. The van der Waals surface area contributed by atoms with Gasteiger partial charge in [0.2, 0.25) is 5.88 Å². The lowest BCUT2D eigenvalue weighted by molar-refractivity contribution is 0.122. The van der Waals surface area contributed by atoms with E-state index in [4.69, 9.17) is 9.47 Å². The molecule has 0 radical (unpaired) electrons. The van der Waals surface area contributed by atoms with Crippen molar-refractivity contribution in [1.29, 1.82) is 0 Å². The van der Waals surface area contributed by atoms with E-state index < -0.39 is 0 Å². The Morgan fingerprint density at radius 1 is 1.24 bits per heavy atom. The zero-order chi connectivity index (χ0) is 20.1. The second-order valence-corrected chi connectivity index (χ2v) is 8.03. The second kappa shape index (κ2) is 9.33. The third kappa shape index (κ3) is 4.92. The summed E-state index contributed by atoms with van der Waals surface area (Å²) in [5.41, 5.74) is 3.51. The molecule has 0 unspecified atom stereocenters. The third-order valence-corrected chi connectivity index (χ3v) is 5.93. The number of methoxy groups -OCH3 is 1. The number of anilines is 2. The molecule has 1 saturated heterocycles. The Hall–Kier alpha value is -2.50. The molecule has 0 spiro atoms. The molecular weight excluding hydrogens is 386 g/mol. The molecule has 3 heterocycles. The number of aryl methyl sites for hydroxylation is 1. The maximum absolute atomic E-state index is 5.48. The van der Waals surface area contributed by atoms with Gasteiger partial charge in [-0.3, -0.25) is 0 Å². The molecule has 4 rings (SSSR count). The normalized spacial score (nSPS) is 16.1. The lowest BCUT2D eigenvalue weighted by Crippen LogP contribution is -2.37. The van der Waals surface area contributed by atoms with Crippen molar-refractivity contribution in [1.82, 2.24) is 15.0 Å². The molecule has 2 fully saturated rings. The fourth-order valence-electron chi connectivity index (χ4n) is 3.05. The van der Waals surface area contributed by atoms with Gasteiger partial charge >= 0.3 is 0 Å². The fraction of sp³-hybridized carbons (Fsp3) is 0.476. The Balaban J connectivity index is 1.63. The van der Waals surface area contributed by atoms with Crippen molar-refractivity contribution in [3.8, 4) is 17.7 Å². The van der Waals surface area contributed by atoms with Crippen molar-refractivity contribution in [2.45, 2.75) is 31.4 Å². The van der Waals surface area contributed by atoms with Crippen LogP contribution in [-0.2, 0) is 11.2 Å². The highest BCUT2D eigenvalue weighted by Crippen LogP contribution is 2.36. The summed E-state index contributed by atoms with van der Waals surface area (Å²) in [6.07, 6.45) is 6.68. The first-order valence-electron chi connectivity index (χ1n) is 9.92. The van der Waals surface area contributed by atoms with E-state index in [2.05, 4.69) is 43.3 Å². The Morgan fingerprint density at radius 2 is 2.07 bits per heavy atom. The van der Waals surface area contributed by atoms with E-state index in [1.165, 1.54) is 12.8 Å². The second-order valence-electron chi connectivity index (χ2n) is 6.92. The van der Waals surface area contributed by atoms with Gasteiger partial charge in [-0.25, -0.2) is 15.0 Å². The van der Waals surface area contributed by atoms with Crippen LogP contribution >= 0.6 is 11.9 Å². The Bertz CT molecular complexity index is 917. The zero-order valence-corrected chi connectivity index (χ0v) is 17.6. The predicted molar refractivity (Wildman–Crippen MR) is 115 cm³/mol. The quantitative estimate of drug-likeness (QED) is 0.575. The average molecular weight is 412 g/mol. The van der Waals surface area contributed by atoms with Gasteiger partial charge in [-0.05, 0) is 37.3 Å². The van der Waals surface area contributed by atoms with Crippen molar-refractivity contribution in [3.63, 3.8) is 0 Å². The smallest absolute Gasteiger partial charge is 0.238 e. The summed E-state index contributed by atoms with van der Waals surface area (Å²) < 4.78 is 14.2. The van der Waals surface area contributed by atoms with Crippen LogP contribution in [0.4, 0.5) is 11.5 Å². The van der Waals surface area contributed by atoms with E-state index in [1.54, 1.807) is 31.6 Å². The Kier molecular flexibility index (Phi) is 6.37. The van der Waals surface area contributed by atoms with Crippen molar-refractivity contribution >= 4 is 23.5 Å². The number of rotatable bonds is 6. The van der Waals surface area contributed by atoms with Crippen molar-refractivity contribution in [2.75, 3.05) is 43.0 Å². The van der Waals surface area contributed by atoms with Crippen molar-refractivity contribution < 1.29 is 9.47 Å². The van der Waals surface area contributed by atoms with Gasteiger partial charge < -0.3 is 19.1 Å². The lowest BCUT2D eigenvalue weighted by atomic mass is 10.1. The minimum absolute atomic E-state index is 0.579. The standard InChI is InChI=1S/C21H25N5O2S/c1-3-18-17(20(24-14-23-18)26-8-10-28-11-9-26)7-4-15-12-19(21(27-2)22-13-15)25-29-16-5-6-16/h12-14,16,25H,3,5-6,8-11H2,1-2H3. The molecule has 0 aromatic carbocycles. The monoisotopic (exact) mass is 411 g/mol. The highest BCUT2D eigenvalue weighted by atomic mass is 32.2. The maximum Gasteiger partial charge on any atom is 0.238 e. The van der Waals surface area contributed by atoms with Crippen LogP contribution in [0.5, 0.6) is 5.88 Å². The van der Waals surface area contributed by atoms with Crippen LogP contribution in [0.25, 0.3) is 0 Å². The van der Waals surface area contributed by atoms with Gasteiger partial charge in [0.05, 0.1) is 31.6 Å². The van der Waals surface area contributed by atoms with Crippen LogP contribution in [0.15, 0.2) is 18.6 Å². The van der Waals surface area contributed by atoms with Gasteiger partial charge in [0.25, 0.3) is 0 Å². The molecule has 2 aromatic heterocycles. The summed E-state index contributed by atoms with van der Waals surface area (Å²) in [5.74, 6) is 8.03. The number of pyridine rings is 1. The molecule has 7 nitrogen and oxygen atoms in total. The van der Waals surface area contributed by atoms with Crippen LogP contribution in [0, 0.1) is 11.8 Å². The summed E-state index contributed by atoms with van der Waals surface area (Å²) in [5, 5.41) is 0.680. The molecule has 2 aromatic rings. The number of nitrogens with zero attached hydrogens (tertiary/aromatic N) is 4. The molecule has 1 N–H and O–H groups in total. The van der Waals surface area contributed by atoms with Gasteiger partial charge in [0, 0.05) is 30.1 Å². The van der Waals surface area contributed by atoms with Crippen molar-refractivity contribution in [2.24, 2.45) is 0 Å². The molecule has 1 saturated carbocycles. The topological polar surface area (TPSA) is 72.4 Å². The molecule has 152 valence electrons. The van der Waals surface area contributed by atoms with Gasteiger partial charge in [0.1, 0.15) is 17.8 Å². The van der Waals surface area contributed by atoms with Gasteiger partial charge in [0.15, 0.2) is 0 Å². The zero-order valence-electron chi connectivity index (χ0n) is 16.8. The number of nitrogens with one attached hydrogen (secondary N) is 1. The first-order valence-corrected chi connectivity index (χ1v) is 10.8. The highest BCUT2D eigenvalue weighted by molar-refractivity contribution is 8.01. The van der Waals surface area contributed by atoms with Gasteiger partial charge in [-0.1, -0.05) is 18.8 Å². The minimum Gasteiger partial charge on any atom is -0.480 e. The third-order valence-electron chi connectivity index (χ3n) is 4.79. The molecule has 0 atom stereocenters. The fourth-order valence-corrected chi connectivity index (χ4v) is 3.86. The summed E-state index contributed by atoms with van der Waals surface area (Å²) in [4.78, 5) is 15.6. The molecule has 2 aliphatic rings. The van der Waals surface area contributed by atoms with Crippen LogP contribution < -0.4 is 14.4 Å². The van der Waals surface area contributed by atoms with E-state index in [0.717, 1.165) is 47.8 Å². The summed E-state index contributed by atoms with van der Waals surface area (Å²) in [6, 6.07) is 1.98. The average Bonchev–Trinajstić information content (AvgIpc) is 3.61.